The van der Waals surface area contributed by atoms with E-state index in [0.29, 0.717) is 29.7 Å². The lowest BCUT2D eigenvalue weighted by Gasteiger charge is -2.39. The number of likely N-dealkylation sites (tertiary alicyclic amines) is 1. The van der Waals surface area contributed by atoms with Gasteiger partial charge in [0.1, 0.15) is 6.29 Å². The molecule has 0 N–H and O–H groups in total. The van der Waals surface area contributed by atoms with Crippen LogP contribution in [-0.2, 0) is 4.79 Å². The van der Waals surface area contributed by atoms with Gasteiger partial charge in [0.15, 0.2) is 18.1 Å². The van der Waals surface area contributed by atoms with Gasteiger partial charge in [-0.05, 0) is 55.2 Å². The highest BCUT2D eigenvalue weighted by Gasteiger charge is 2.50. The lowest BCUT2D eigenvalue weighted by atomic mass is 9.65. The maximum atomic E-state index is 12.8. The number of carbonyl (C=O) groups excluding carboxylic acids is 2. The van der Waals surface area contributed by atoms with Crippen molar-refractivity contribution in [3.05, 3.63) is 23.8 Å². The molecule has 26 heavy (non-hydrogen) atoms. The Bertz CT molecular complexity index is 699. The highest BCUT2D eigenvalue weighted by molar-refractivity contribution is 5.79. The fourth-order valence-corrected chi connectivity index (χ4v) is 4.96. The second kappa shape index (κ2) is 6.93. The number of aldehydes is 1. The van der Waals surface area contributed by atoms with E-state index >= 15 is 0 Å². The summed E-state index contributed by atoms with van der Waals surface area (Å²) in [5.41, 5.74) is 1.01. The van der Waals surface area contributed by atoms with Crippen LogP contribution in [0.3, 0.4) is 0 Å². The number of hydrogen-bond donors (Lipinski definition) is 0. The van der Waals surface area contributed by atoms with E-state index in [-0.39, 0.29) is 23.3 Å². The number of nitrogens with zero attached hydrogens (tertiary/aromatic N) is 1. The lowest BCUT2D eigenvalue weighted by Crippen LogP contribution is -2.40. The van der Waals surface area contributed by atoms with Crippen LogP contribution in [0.2, 0.25) is 0 Å². The van der Waals surface area contributed by atoms with Gasteiger partial charge in [-0.1, -0.05) is 20.8 Å². The number of amides is 1. The molecule has 1 heterocycles. The standard InChI is InChI=1S/C21H29NO4/c1-5-25-18-8-15(11-23)6-7-17(18)26-12-19(24)22-14-21(4)10-16(22)9-20(2,3)13-21/h6-8,11,16H,5,9-10,12-14H2,1-4H3/t16-,21+/m0/s1. The molecule has 2 atom stereocenters. The van der Waals surface area contributed by atoms with Gasteiger partial charge in [-0.2, -0.15) is 0 Å². The Balaban J connectivity index is 1.67. The summed E-state index contributed by atoms with van der Waals surface area (Å²) in [6.07, 6.45) is 4.06. The van der Waals surface area contributed by atoms with Crippen molar-refractivity contribution in [3.63, 3.8) is 0 Å². The summed E-state index contributed by atoms with van der Waals surface area (Å²) in [7, 11) is 0. The monoisotopic (exact) mass is 359 g/mol. The van der Waals surface area contributed by atoms with Gasteiger partial charge in [-0.3, -0.25) is 9.59 Å². The second-order valence-electron chi connectivity index (χ2n) is 8.78. The number of benzene rings is 1. The number of rotatable bonds is 6. The van der Waals surface area contributed by atoms with Gasteiger partial charge in [-0.25, -0.2) is 0 Å². The molecular weight excluding hydrogens is 330 g/mol. The molecular formula is C21H29NO4. The van der Waals surface area contributed by atoms with Crippen LogP contribution in [0.4, 0.5) is 0 Å². The first-order chi connectivity index (χ1) is 12.3. The second-order valence-corrected chi connectivity index (χ2v) is 8.78. The van der Waals surface area contributed by atoms with Crippen molar-refractivity contribution in [2.45, 2.75) is 53.0 Å². The quantitative estimate of drug-likeness (QED) is 0.727. The number of ether oxygens (including phenoxy) is 2. The minimum atomic E-state index is -0.00643. The highest BCUT2D eigenvalue weighted by Crippen LogP contribution is 2.52. The van der Waals surface area contributed by atoms with Crippen molar-refractivity contribution in [2.24, 2.45) is 10.8 Å². The summed E-state index contributed by atoms with van der Waals surface area (Å²) in [4.78, 5) is 25.8. The summed E-state index contributed by atoms with van der Waals surface area (Å²) in [6, 6.07) is 5.31. The van der Waals surface area contributed by atoms with E-state index in [1.54, 1.807) is 18.2 Å². The third kappa shape index (κ3) is 3.87. The van der Waals surface area contributed by atoms with Crippen molar-refractivity contribution in [2.75, 3.05) is 19.8 Å². The molecule has 1 saturated heterocycles. The molecule has 1 aliphatic heterocycles. The Hall–Kier alpha value is -2.04. The molecule has 2 bridgehead atoms. The van der Waals surface area contributed by atoms with E-state index in [4.69, 9.17) is 9.47 Å². The third-order valence-electron chi connectivity index (χ3n) is 5.49. The Labute approximate surface area is 155 Å². The van der Waals surface area contributed by atoms with Crippen molar-refractivity contribution in [1.82, 2.24) is 4.90 Å². The van der Waals surface area contributed by atoms with Crippen LogP contribution in [0.1, 0.15) is 57.3 Å². The van der Waals surface area contributed by atoms with Gasteiger partial charge in [0.25, 0.3) is 5.91 Å². The van der Waals surface area contributed by atoms with Crippen molar-refractivity contribution in [3.8, 4) is 11.5 Å². The van der Waals surface area contributed by atoms with Crippen molar-refractivity contribution >= 4 is 12.2 Å². The van der Waals surface area contributed by atoms with E-state index in [2.05, 4.69) is 20.8 Å². The summed E-state index contributed by atoms with van der Waals surface area (Å²) >= 11 is 0. The molecule has 1 saturated carbocycles. The van der Waals surface area contributed by atoms with Gasteiger partial charge >= 0.3 is 0 Å². The molecule has 5 heteroatoms. The molecule has 0 unspecified atom stereocenters. The first-order valence-electron chi connectivity index (χ1n) is 9.40. The Kier molecular flexibility index (Phi) is 5.00. The maximum absolute atomic E-state index is 12.8. The predicted molar refractivity (Wildman–Crippen MR) is 99.7 cm³/mol. The molecule has 0 radical (unpaired) electrons. The Morgan fingerprint density at radius 3 is 2.69 bits per heavy atom. The van der Waals surface area contributed by atoms with E-state index < -0.39 is 0 Å². The van der Waals surface area contributed by atoms with E-state index in [1.807, 2.05) is 11.8 Å². The Morgan fingerprint density at radius 2 is 2.00 bits per heavy atom. The maximum Gasteiger partial charge on any atom is 0.260 e. The molecule has 3 rings (SSSR count). The first-order valence-corrected chi connectivity index (χ1v) is 9.40. The molecule has 1 aliphatic carbocycles. The van der Waals surface area contributed by atoms with Crippen LogP contribution >= 0.6 is 0 Å². The predicted octanol–water partition coefficient (Wildman–Crippen LogP) is 3.70. The van der Waals surface area contributed by atoms with Crippen LogP contribution in [0.25, 0.3) is 0 Å². The number of fused-ring (bicyclic) bond motifs is 2. The zero-order valence-corrected chi connectivity index (χ0v) is 16.2. The fourth-order valence-electron chi connectivity index (χ4n) is 4.96. The minimum Gasteiger partial charge on any atom is -0.490 e. The fraction of sp³-hybridized carbons (Fsp3) is 0.619. The molecule has 142 valence electrons. The smallest absolute Gasteiger partial charge is 0.260 e. The van der Waals surface area contributed by atoms with Crippen molar-refractivity contribution in [1.29, 1.82) is 0 Å². The molecule has 5 nitrogen and oxygen atoms in total. The van der Waals surface area contributed by atoms with Crippen LogP contribution in [0, 0.1) is 10.8 Å². The number of carbonyl (C=O) groups is 2. The van der Waals surface area contributed by atoms with Gasteiger partial charge in [-0.15, -0.1) is 0 Å². The Morgan fingerprint density at radius 1 is 1.23 bits per heavy atom. The normalized spacial score (nSPS) is 26.5. The summed E-state index contributed by atoms with van der Waals surface area (Å²) in [5.74, 6) is 1.02. The van der Waals surface area contributed by atoms with Gasteiger partial charge < -0.3 is 14.4 Å². The topological polar surface area (TPSA) is 55.8 Å². The molecule has 0 spiro atoms. The van der Waals surface area contributed by atoms with E-state index in [9.17, 15) is 9.59 Å². The van der Waals surface area contributed by atoms with Crippen LogP contribution in [0.5, 0.6) is 11.5 Å². The molecule has 2 aliphatic rings. The molecule has 2 fully saturated rings. The van der Waals surface area contributed by atoms with Crippen LogP contribution in [-0.4, -0.2) is 42.9 Å². The molecule has 0 aromatic heterocycles. The minimum absolute atomic E-state index is 0.00643. The average Bonchev–Trinajstić information content (AvgIpc) is 2.82. The lowest BCUT2D eigenvalue weighted by molar-refractivity contribution is -0.134. The largest absolute Gasteiger partial charge is 0.490 e. The van der Waals surface area contributed by atoms with E-state index in [1.165, 1.54) is 0 Å². The molecule has 1 amide bonds. The molecule has 1 aromatic carbocycles. The van der Waals surface area contributed by atoms with Gasteiger partial charge in [0.2, 0.25) is 0 Å². The molecule has 1 aromatic rings. The summed E-state index contributed by atoms with van der Waals surface area (Å²) < 4.78 is 11.3. The summed E-state index contributed by atoms with van der Waals surface area (Å²) in [6.45, 7) is 10.0. The van der Waals surface area contributed by atoms with Crippen molar-refractivity contribution < 1.29 is 19.1 Å². The van der Waals surface area contributed by atoms with Crippen LogP contribution in [0.15, 0.2) is 18.2 Å². The first kappa shape index (κ1) is 18.7. The zero-order valence-electron chi connectivity index (χ0n) is 16.2. The SMILES string of the molecule is CCOc1cc(C=O)ccc1OCC(=O)N1C[C@]2(C)C[C@@H]1CC(C)(C)C2. The van der Waals surface area contributed by atoms with E-state index in [0.717, 1.165) is 32.1 Å². The third-order valence-corrected chi connectivity index (χ3v) is 5.49. The van der Waals surface area contributed by atoms with Crippen LogP contribution < -0.4 is 9.47 Å². The average molecular weight is 359 g/mol. The van der Waals surface area contributed by atoms with Gasteiger partial charge in [0.05, 0.1) is 6.61 Å². The van der Waals surface area contributed by atoms with Gasteiger partial charge in [0, 0.05) is 18.2 Å². The highest BCUT2D eigenvalue weighted by atomic mass is 16.5. The number of hydrogen-bond acceptors (Lipinski definition) is 4. The zero-order chi connectivity index (χ0) is 18.9. The summed E-state index contributed by atoms with van der Waals surface area (Å²) in [5, 5.41) is 0.